The standard InChI is InChI=1S/C22H32N4O3/c1-14-24-20(29-25-14)18-3-2-6-26(13-18)19(27)4-5-23-21(28)22-10-15-7-16(11-22)9-17(8-15)12-22/h15-18H,2-13H2,1H3,(H,23,28). The van der Waals surface area contributed by atoms with Gasteiger partial charge in [0.2, 0.25) is 17.7 Å². The van der Waals surface area contributed by atoms with Gasteiger partial charge in [-0.3, -0.25) is 9.59 Å². The zero-order chi connectivity index (χ0) is 20.0. The van der Waals surface area contributed by atoms with E-state index in [0.29, 0.717) is 31.2 Å². The molecule has 4 bridgehead atoms. The minimum absolute atomic E-state index is 0.108. The quantitative estimate of drug-likeness (QED) is 0.821. The average molecular weight is 401 g/mol. The third-order valence-corrected chi connectivity index (χ3v) is 7.81. The maximum Gasteiger partial charge on any atom is 0.231 e. The molecule has 4 aliphatic carbocycles. The van der Waals surface area contributed by atoms with E-state index in [1.54, 1.807) is 0 Å². The van der Waals surface area contributed by atoms with Crippen LogP contribution in [0.3, 0.4) is 0 Å². The molecule has 1 aromatic rings. The van der Waals surface area contributed by atoms with E-state index in [1.807, 2.05) is 11.8 Å². The molecular formula is C22H32N4O3. The Labute approximate surface area is 172 Å². The van der Waals surface area contributed by atoms with Crippen molar-refractivity contribution in [3.63, 3.8) is 0 Å². The van der Waals surface area contributed by atoms with Crippen LogP contribution in [0.4, 0.5) is 0 Å². The van der Waals surface area contributed by atoms with Crippen LogP contribution in [0.5, 0.6) is 0 Å². The number of rotatable bonds is 5. The van der Waals surface area contributed by atoms with Crippen molar-refractivity contribution in [1.29, 1.82) is 0 Å². The second-order valence-electron chi connectivity index (χ2n) is 10.1. The largest absolute Gasteiger partial charge is 0.355 e. The van der Waals surface area contributed by atoms with E-state index in [1.165, 1.54) is 19.3 Å². The highest BCUT2D eigenvalue weighted by molar-refractivity contribution is 5.84. The van der Waals surface area contributed by atoms with E-state index in [9.17, 15) is 9.59 Å². The summed E-state index contributed by atoms with van der Waals surface area (Å²) in [6.45, 7) is 3.65. The lowest BCUT2D eigenvalue weighted by Gasteiger charge is -2.55. The third-order valence-electron chi connectivity index (χ3n) is 7.81. The van der Waals surface area contributed by atoms with E-state index in [4.69, 9.17) is 4.52 Å². The number of nitrogens with zero attached hydrogens (tertiary/aromatic N) is 3. The lowest BCUT2D eigenvalue weighted by Crippen LogP contribution is -2.54. The molecule has 7 heteroatoms. The molecule has 158 valence electrons. The molecule has 4 saturated carbocycles. The fraction of sp³-hybridized carbons (Fsp3) is 0.818. The van der Waals surface area contributed by atoms with Crippen LogP contribution in [0.15, 0.2) is 4.52 Å². The fourth-order valence-electron chi connectivity index (χ4n) is 6.90. The third kappa shape index (κ3) is 3.68. The summed E-state index contributed by atoms with van der Waals surface area (Å²) < 4.78 is 5.31. The number of likely N-dealkylation sites (tertiary alicyclic amines) is 1. The van der Waals surface area contributed by atoms with Crippen molar-refractivity contribution in [2.75, 3.05) is 19.6 Å². The molecule has 0 spiro atoms. The molecule has 1 unspecified atom stereocenters. The van der Waals surface area contributed by atoms with Crippen molar-refractivity contribution < 1.29 is 14.1 Å². The number of carbonyl (C=O) groups excluding carboxylic acids is 2. The smallest absolute Gasteiger partial charge is 0.231 e. The first kappa shape index (κ1) is 19.1. The van der Waals surface area contributed by atoms with Gasteiger partial charge in [-0.05, 0) is 76.0 Å². The van der Waals surface area contributed by atoms with Crippen molar-refractivity contribution in [3.8, 4) is 0 Å². The summed E-state index contributed by atoms with van der Waals surface area (Å²) in [4.78, 5) is 32.0. The number of carbonyl (C=O) groups is 2. The zero-order valence-electron chi connectivity index (χ0n) is 17.4. The van der Waals surface area contributed by atoms with Crippen LogP contribution in [0.25, 0.3) is 0 Å². The lowest BCUT2D eigenvalue weighted by molar-refractivity contribution is -0.146. The van der Waals surface area contributed by atoms with E-state index in [-0.39, 0.29) is 23.1 Å². The Bertz CT molecular complexity index is 753. The number of hydrogen-bond donors (Lipinski definition) is 1. The summed E-state index contributed by atoms with van der Waals surface area (Å²) in [6, 6.07) is 0. The minimum Gasteiger partial charge on any atom is -0.355 e. The predicted octanol–water partition coefficient (Wildman–Crippen LogP) is 2.81. The molecule has 1 aromatic heterocycles. The van der Waals surface area contributed by atoms with E-state index in [0.717, 1.165) is 56.4 Å². The summed E-state index contributed by atoms with van der Waals surface area (Å²) in [5, 5.41) is 7.00. The average Bonchev–Trinajstić information content (AvgIpc) is 3.13. The highest BCUT2D eigenvalue weighted by Crippen LogP contribution is 2.60. The van der Waals surface area contributed by atoms with Crippen LogP contribution in [-0.4, -0.2) is 46.5 Å². The summed E-state index contributed by atoms with van der Waals surface area (Å²) in [7, 11) is 0. The van der Waals surface area contributed by atoms with Gasteiger partial charge in [0.25, 0.3) is 0 Å². The maximum atomic E-state index is 13.0. The molecule has 1 N–H and O–H groups in total. The second-order valence-corrected chi connectivity index (χ2v) is 10.1. The monoisotopic (exact) mass is 400 g/mol. The van der Waals surface area contributed by atoms with Gasteiger partial charge in [-0.25, -0.2) is 0 Å². The molecule has 7 nitrogen and oxygen atoms in total. The number of nitrogens with one attached hydrogen (secondary N) is 1. The number of aryl methyl sites for hydroxylation is 1. The van der Waals surface area contributed by atoms with Gasteiger partial charge in [-0.15, -0.1) is 0 Å². The number of hydrogen-bond acceptors (Lipinski definition) is 5. The van der Waals surface area contributed by atoms with Crippen molar-refractivity contribution >= 4 is 11.8 Å². The molecule has 1 aliphatic heterocycles. The number of piperidine rings is 1. The molecule has 6 rings (SSSR count). The number of aromatic nitrogens is 2. The normalized spacial score (nSPS) is 35.7. The Balaban J connectivity index is 1.12. The molecule has 0 radical (unpaired) electrons. The maximum absolute atomic E-state index is 13.0. The van der Waals surface area contributed by atoms with E-state index >= 15 is 0 Å². The van der Waals surface area contributed by atoms with Crippen molar-refractivity contribution in [1.82, 2.24) is 20.4 Å². The number of amides is 2. The highest BCUT2D eigenvalue weighted by Gasteiger charge is 2.54. The summed E-state index contributed by atoms with van der Waals surface area (Å²) in [5.41, 5.74) is -0.135. The topological polar surface area (TPSA) is 88.3 Å². The first-order chi connectivity index (χ1) is 14.0. The second kappa shape index (κ2) is 7.40. The zero-order valence-corrected chi connectivity index (χ0v) is 17.4. The highest BCUT2D eigenvalue weighted by atomic mass is 16.5. The van der Waals surface area contributed by atoms with Gasteiger partial charge in [0.05, 0.1) is 5.92 Å². The Morgan fingerprint density at radius 1 is 1.17 bits per heavy atom. The molecule has 2 amide bonds. The van der Waals surface area contributed by atoms with Crippen LogP contribution in [0.1, 0.15) is 75.4 Å². The fourth-order valence-corrected chi connectivity index (χ4v) is 6.90. The van der Waals surface area contributed by atoms with E-state index < -0.39 is 0 Å². The van der Waals surface area contributed by atoms with Crippen molar-refractivity contribution in [2.45, 2.75) is 70.6 Å². The first-order valence-corrected chi connectivity index (χ1v) is 11.4. The summed E-state index contributed by atoms with van der Waals surface area (Å²) in [5.74, 6) is 3.98. The summed E-state index contributed by atoms with van der Waals surface area (Å²) in [6.07, 6.45) is 9.48. The van der Waals surface area contributed by atoms with Crippen molar-refractivity contribution in [3.05, 3.63) is 11.7 Å². The van der Waals surface area contributed by atoms with Gasteiger partial charge in [0.15, 0.2) is 5.82 Å². The van der Waals surface area contributed by atoms with Gasteiger partial charge in [0, 0.05) is 31.5 Å². The lowest BCUT2D eigenvalue weighted by atomic mass is 9.49. The van der Waals surface area contributed by atoms with Gasteiger partial charge in [-0.2, -0.15) is 4.98 Å². The molecule has 5 fully saturated rings. The van der Waals surface area contributed by atoms with Gasteiger partial charge < -0.3 is 14.7 Å². The van der Waals surface area contributed by atoms with Crippen LogP contribution in [0.2, 0.25) is 0 Å². The Morgan fingerprint density at radius 2 is 1.86 bits per heavy atom. The van der Waals surface area contributed by atoms with Gasteiger partial charge >= 0.3 is 0 Å². The SMILES string of the molecule is Cc1noc(C2CCCN(C(=O)CCNC(=O)C34CC5CC(CC(C5)C3)C4)C2)n1. The summed E-state index contributed by atoms with van der Waals surface area (Å²) >= 11 is 0. The molecule has 2 heterocycles. The molecule has 1 saturated heterocycles. The molecule has 1 atom stereocenters. The Morgan fingerprint density at radius 3 is 2.48 bits per heavy atom. The molecule has 29 heavy (non-hydrogen) atoms. The predicted molar refractivity (Wildman–Crippen MR) is 106 cm³/mol. The van der Waals surface area contributed by atoms with Gasteiger partial charge in [-0.1, -0.05) is 5.16 Å². The minimum atomic E-state index is -0.135. The molecular weight excluding hydrogens is 368 g/mol. The van der Waals surface area contributed by atoms with Crippen LogP contribution in [-0.2, 0) is 9.59 Å². The Hall–Kier alpha value is -1.92. The first-order valence-electron chi connectivity index (χ1n) is 11.4. The van der Waals surface area contributed by atoms with E-state index in [2.05, 4.69) is 15.5 Å². The van der Waals surface area contributed by atoms with Gasteiger partial charge in [0.1, 0.15) is 0 Å². The van der Waals surface area contributed by atoms with Crippen LogP contribution < -0.4 is 5.32 Å². The molecule has 0 aromatic carbocycles. The Kier molecular flexibility index (Phi) is 4.87. The van der Waals surface area contributed by atoms with Crippen LogP contribution in [0, 0.1) is 30.1 Å². The molecule has 5 aliphatic rings. The van der Waals surface area contributed by atoms with Crippen LogP contribution >= 0.6 is 0 Å². The van der Waals surface area contributed by atoms with Crippen molar-refractivity contribution in [2.24, 2.45) is 23.2 Å².